The fourth-order valence-corrected chi connectivity index (χ4v) is 6.18. The van der Waals surface area contributed by atoms with E-state index >= 15 is 0 Å². The van der Waals surface area contributed by atoms with Gasteiger partial charge in [-0.05, 0) is 65.2 Å². The van der Waals surface area contributed by atoms with Gasteiger partial charge in [-0.1, -0.05) is 42.5 Å². The van der Waals surface area contributed by atoms with Crippen molar-refractivity contribution >= 4 is 48.9 Å². The number of anilines is 1. The van der Waals surface area contributed by atoms with Gasteiger partial charge in [-0.3, -0.25) is 4.79 Å². The van der Waals surface area contributed by atoms with Crippen LogP contribution in [0.25, 0.3) is 0 Å². The van der Waals surface area contributed by atoms with Crippen LogP contribution in [0.2, 0.25) is 0 Å². The van der Waals surface area contributed by atoms with E-state index in [1.807, 2.05) is 44.2 Å². The monoisotopic (exact) mass is 492 g/mol. The quantitative estimate of drug-likeness (QED) is 0.510. The van der Waals surface area contributed by atoms with Crippen LogP contribution in [0.4, 0.5) is 5.69 Å². The van der Waals surface area contributed by atoms with Crippen molar-refractivity contribution in [1.82, 2.24) is 4.72 Å². The second kappa shape index (κ2) is 9.21. The minimum Gasteiger partial charge on any atom is -0.311 e. The van der Waals surface area contributed by atoms with Crippen LogP contribution >= 0.6 is 27.3 Å². The highest BCUT2D eigenvalue weighted by Crippen LogP contribution is 2.29. The molecule has 3 rings (SSSR count). The summed E-state index contributed by atoms with van der Waals surface area (Å²) in [6, 6.07) is 18.6. The molecule has 1 atom stereocenters. The Morgan fingerprint density at radius 2 is 1.83 bits per heavy atom. The number of likely N-dealkylation sites (N-methyl/N-ethyl adjacent to an activating group) is 1. The van der Waals surface area contributed by atoms with Crippen LogP contribution in [0, 0.1) is 6.92 Å². The molecular formula is C21H21BrN2O3S2. The van der Waals surface area contributed by atoms with Crippen LogP contribution in [0.1, 0.15) is 24.1 Å². The van der Waals surface area contributed by atoms with E-state index < -0.39 is 16.1 Å². The number of halogens is 1. The van der Waals surface area contributed by atoms with Gasteiger partial charge in [0.2, 0.25) is 5.91 Å². The molecule has 8 heteroatoms. The predicted molar refractivity (Wildman–Crippen MR) is 121 cm³/mol. The van der Waals surface area contributed by atoms with E-state index in [9.17, 15) is 13.2 Å². The van der Waals surface area contributed by atoms with Crippen LogP contribution in [0.5, 0.6) is 0 Å². The molecule has 1 N–H and O–H groups in total. The van der Waals surface area contributed by atoms with Gasteiger partial charge < -0.3 is 4.90 Å². The Morgan fingerprint density at radius 1 is 1.10 bits per heavy atom. The maximum absolute atomic E-state index is 13.5. The Balaban J connectivity index is 2.00. The number of aryl methyl sites for hydroxylation is 1. The Kier molecular flexibility index (Phi) is 6.89. The average Bonchev–Trinajstić information content (AvgIpc) is 3.15. The number of rotatable bonds is 7. The highest BCUT2D eigenvalue weighted by molar-refractivity contribution is 9.11. The molecule has 0 radical (unpaired) electrons. The number of thiophene rings is 1. The lowest BCUT2D eigenvalue weighted by Crippen LogP contribution is -2.43. The maximum atomic E-state index is 13.5. The van der Waals surface area contributed by atoms with Crippen LogP contribution in [-0.4, -0.2) is 20.9 Å². The summed E-state index contributed by atoms with van der Waals surface area (Å²) < 4.78 is 29.3. The van der Waals surface area contributed by atoms with E-state index in [1.165, 1.54) is 6.07 Å². The molecule has 152 valence electrons. The van der Waals surface area contributed by atoms with Gasteiger partial charge in [0.05, 0.1) is 3.79 Å². The van der Waals surface area contributed by atoms with Crippen molar-refractivity contribution in [2.24, 2.45) is 0 Å². The van der Waals surface area contributed by atoms with Gasteiger partial charge in [-0.2, -0.15) is 4.72 Å². The molecule has 0 aliphatic rings. The number of carbonyl (C=O) groups excluding carboxylic acids is 1. The summed E-state index contributed by atoms with van der Waals surface area (Å²) in [5.41, 5.74) is 2.34. The highest BCUT2D eigenvalue weighted by Gasteiger charge is 2.31. The first-order valence-corrected chi connectivity index (χ1v) is 12.1. The number of nitrogens with zero attached hydrogens (tertiary/aromatic N) is 1. The number of benzene rings is 2. The number of carbonyl (C=O) groups is 1. The lowest BCUT2D eigenvalue weighted by molar-refractivity contribution is -0.120. The maximum Gasteiger partial charge on any atom is 0.251 e. The minimum absolute atomic E-state index is 0.150. The van der Waals surface area contributed by atoms with Crippen LogP contribution in [0.3, 0.4) is 0 Å². The first-order valence-electron chi connectivity index (χ1n) is 9.02. The SMILES string of the molecule is CCN(C(=O)[C@H](NS(=O)(=O)c1ccc(Br)s1)c1ccccc1)c1cccc(C)c1. The number of hydrogen-bond acceptors (Lipinski definition) is 4. The van der Waals surface area contributed by atoms with Crippen molar-refractivity contribution < 1.29 is 13.2 Å². The highest BCUT2D eigenvalue weighted by atomic mass is 79.9. The van der Waals surface area contributed by atoms with Gasteiger partial charge >= 0.3 is 0 Å². The average molecular weight is 493 g/mol. The summed E-state index contributed by atoms with van der Waals surface area (Å²) >= 11 is 4.38. The predicted octanol–water partition coefficient (Wildman–Crippen LogP) is 4.89. The van der Waals surface area contributed by atoms with Gasteiger partial charge in [0.15, 0.2) is 0 Å². The van der Waals surface area contributed by atoms with Gasteiger partial charge in [0.25, 0.3) is 10.0 Å². The Hall–Kier alpha value is -2.00. The zero-order valence-electron chi connectivity index (χ0n) is 16.0. The van der Waals surface area contributed by atoms with Crippen molar-refractivity contribution in [3.05, 3.63) is 81.6 Å². The molecule has 29 heavy (non-hydrogen) atoms. The van der Waals surface area contributed by atoms with Crippen molar-refractivity contribution in [2.75, 3.05) is 11.4 Å². The third-order valence-corrected chi connectivity index (χ3v) is 7.90. The lowest BCUT2D eigenvalue weighted by Gasteiger charge is -2.27. The standard InChI is InChI=1S/C21H21BrN2O3S2/c1-3-24(17-11-7-8-15(2)14-17)21(25)20(16-9-5-4-6-10-16)23-29(26,27)19-13-12-18(22)28-19/h4-14,20,23H,3H2,1-2H3/t20-/m1/s1. The zero-order valence-corrected chi connectivity index (χ0v) is 19.2. The molecule has 0 spiro atoms. The molecule has 5 nitrogen and oxygen atoms in total. The number of hydrogen-bond donors (Lipinski definition) is 1. The summed E-state index contributed by atoms with van der Waals surface area (Å²) in [4.78, 5) is 15.1. The minimum atomic E-state index is -3.87. The third-order valence-electron chi connectivity index (χ3n) is 4.36. The smallest absolute Gasteiger partial charge is 0.251 e. The van der Waals surface area contributed by atoms with Crippen molar-refractivity contribution in [1.29, 1.82) is 0 Å². The fourth-order valence-electron chi connectivity index (χ4n) is 2.98. The van der Waals surface area contributed by atoms with Gasteiger partial charge in [0, 0.05) is 12.2 Å². The van der Waals surface area contributed by atoms with Crippen LogP contribution < -0.4 is 9.62 Å². The second-order valence-corrected chi connectivity index (χ2v) is 10.8. The Labute approximate surface area is 183 Å². The summed E-state index contributed by atoms with van der Waals surface area (Å²) in [7, 11) is -3.87. The third kappa shape index (κ3) is 5.14. The van der Waals surface area contributed by atoms with E-state index in [2.05, 4.69) is 20.7 Å². The first-order chi connectivity index (χ1) is 13.8. The van der Waals surface area contributed by atoms with E-state index in [0.717, 1.165) is 22.6 Å². The summed E-state index contributed by atoms with van der Waals surface area (Å²) in [5.74, 6) is -0.330. The fraction of sp³-hybridized carbons (Fsp3) is 0.190. The Morgan fingerprint density at radius 3 is 2.41 bits per heavy atom. The number of sulfonamides is 1. The molecule has 0 aliphatic heterocycles. The number of nitrogens with one attached hydrogen (secondary N) is 1. The van der Waals surface area contributed by atoms with Crippen molar-refractivity contribution in [2.45, 2.75) is 24.1 Å². The number of amides is 1. The first kappa shape index (κ1) is 21.7. The molecule has 2 aromatic carbocycles. The molecule has 3 aromatic rings. The van der Waals surface area contributed by atoms with E-state index in [0.29, 0.717) is 15.9 Å². The summed E-state index contributed by atoms with van der Waals surface area (Å²) in [6.07, 6.45) is 0. The molecule has 0 aliphatic carbocycles. The molecule has 1 heterocycles. The topological polar surface area (TPSA) is 66.5 Å². The second-order valence-electron chi connectivity index (χ2n) is 6.45. The van der Waals surface area contributed by atoms with E-state index in [-0.39, 0.29) is 10.1 Å². The van der Waals surface area contributed by atoms with Gasteiger partial charge in [-0.25, -0.2) is 8.42 Å². The lowest BCUT2D eigenvalue weighted by atomic mass is 10.1. The molecule has 0 saturated carbocycles. The van der Waals surface area contributed by atoms with E-state index in [1.54, 1.807) is 35.2 Å². The summed E-state index contributed by atoms with van der Waals surface area (Å²) in [6.45, 7) is 4.24. The zero-order chi connectivity index (χ0) is 21.0. The normalized spacial score (nSPS) is 12.5. The molecular weight excluding hydrogens is 472 g/mol. The van der Waals surface area contributed by atoms with Crippen LogP contribution in [0.15, 0.2) is 74.7 Å². The summed E-state index contributed by atoms with van der Waals surface area (Å²) in [5, 5.41) is 0. The van der Waals surface area contributed by atoms with Crippen molar-refractivity contribution in [3.63, 3.8) is 0 Å². The Bertz CT molecular complexity index is 1100. The molecule has 0 fully saturated rings. The molecule has 1 amide bonds. The van der Waals surface area contributed by atoms with Crippen LogP contribution in [-0.2, 0) is 14.8 Å². The van der Waals surface area contributed by atoms with E-state index in [4.69, 9.17) is 0 Å². The largest absolute Gasteiger partial charge is 0.311 e. The molecule has 0 unspecified atom stereocenters. The van der Waals surface area contributed by atoms with Crippen molar-refractivity contribution in [3.8, 4) is 0 Å². The molecule has 1 aromatic heterocycles. The molecule has 0 saturated heterocycles. The van der Waals surface area contributed by atoms with Gasteiger partial charge in [-0.15, -0.1) is 11.3 Å². The van der Waals surface area contributed by atoms with Gasteiger partial charge in [0.1, 0.15) is 10.3 Å². The molecule has 0 bridgehead atoms.